The van der Waals surface area contributed by atoms with Crippen molar-refractivity contribution in [3.63, 3.8) is 0 Å². The molecular formula is C20H16N6O2. The van der Waals surface area contributed by atoms with E-state index < -0.39 is 0 Å². The first-order chi connectivity index (χ1) is 13.8. The maximum Gasteiger partial charge on any atom is 0.253 e. The van der Waals surface area contributed by atoms with Crippen LogP contribution in [-0.4, -0.2) is 30.6 Å². The number of benzene rings is 1. The lowest BCUT2D eigenvalue weighted by atomic mass is 10.2. The fourth-order valence-corrected chi connectivity index (χ4v) is 2.55. The highest BCUT2D eigenvalue weighted by molar-refractivity contribution is 5.93. The minimum Gasteiger partial charge on any atom is -0.439 e. The lowest BCUT2D eigenvalue weighted by Gasteiger charge is -2.09. The number of rotatable bonds is 6. The van der Waals surface area contributed by atoms with E-state index in [9.17, 15) is 4.79 Å². The predicted octanol–water partition coefficient (Wildman–Crippen LogP) is 2.78. The second-order valence-electron chi connectivity index (χ2n) is 5.81. The Morgan fingerprint density at radius 2 is 1.93 bits per heavy atom. The molecule has 0 atom stereocenters. The molecule has 8 nitrogen and oxygen atoms in total. The zero-order chi connectivity index (χ0) is 19.2. The van der Waals surface area contributed by atoms with E-state index in [2.05, 4.69) is 25.4 Å². The number of aromatic nitrogens is 5. The summed E-state index contributed by atoms with van der Waals surface area (Å²) in [6.07, 6.45) is 6.14. The Balaban J connectivity index is 1.41. The fourth-order valence-electron chi connectivity index (χ4n) is 2.55. The van der Waals surface area contributed by atoms with Gasteiger partial charge < -0.3 is 10.1 Å². The number of hydrogen-bond donors (Lipinski definition) is 1. The van der Waals surface area contributed by atoms with Gasteiger partial charge in [-0.15, -0.1) is 0 Å². The maximum absolute atomic E-state index is 12.4. The summed E-state index contributed by atoms with van der Waals surface area (Å²) in [6.45, 7) is 0.296. The third-order valence-corrected chi connectivity index (χ3v) is 3.91. The molecule has 0 saturated carbocycles. The Morgan fingerprint density at radius 1 is 1.04 bits per heavy atom. The van der Waals surface area contributed by atoms with Crippen LogP contribution in [0.3, 0.4) is 0 Å². The monoisotopic (exact) mass is 372 g/mol. The average molecular weight is 372 g/mol. The molecule has 0 unspecified atom stereocenters. The number of amides is 1. The summed E-state index contributed by atoms with van der Waals surface area (Å²) in [4.78, 5) is 24.9. The molecule has 4 rings (SSSR count). The number of carbonyl (C=O) groups excluding carboxylic acids is 1. The lowest BCUT2D eigenvalue weighted by Crippen LogP contribution is -2.24. The molecular weight excluding hydrogens is 356 g/mol. The van der Waals surface area contributed by atoms with Crippen molar-refractivity contribution in [2.45, 2.75) is 6.54 Å². The zero-order valence-corrected chi connectivity index (χ0v) is 14.8. The first-order valence-electron chi connectivity index (χ1n) is 8.55. The van der Waals surface area contributed by atoms with Crippen LogP contribution in [0, 0.1) is 0 Å². The van der Waals surface area contributed by atoms with E-state index in [0.29, 0.717) is 29.6 Å². The number of pyridine rings is 2. The van der Waals surface area contributed by atoms with Crippen molar-refractivity contribution in [2.24, 2.45) is 0 Å². The molecule has 0 saturated heterocycles. The molecule has 0 bridgehead atoms. The molecule has 0 aliphatic rings. The van der Waals surface area contributed by atoms with Crippen LogP contribution in [0.25, 0.3) is 5.82 Å². The lowest BCUT2D eigenvalue weighted by molar-refractivity contribution is 0.0950. The topological polar surface area (TPSA) is 94.8 Å². The molecule has 1 N–H and O–H groups in total. The van der Waals surface area contributed by atoms with Gasteiger partial charge in [0.25, 0.3) is 5.91 Å². The van der Waals surface area contributed by atoms with Crippen LogP contribution >= 0.6 is 0 Å². The number of nitrogens with zero attached hydrogens (tertiary/aromatic N) is 5. The van der Waals surface area contributed by atoms with Gasteiger partial charge in [-0.25, -0.2) is 19.6 Å². The Kier molecular flexibility index (Phi) is 5.01. The van der Waals surface area contributed by atoms with E-state index in [1.165, 1.54) is 12.5 Å². The predicted molar refractivity (Wildman–Crippen MR) is 101 cm³/mol. The van der Waals surface area contributed by atoms with Gasteiger partial charge in [-0.1, -0.05) is 24.3 Å². The summed E-state index contributed by atoms with van der Waals surface area (Å²) < 4.78 is 7.19. The number of ether oxygens (including phenoxy) is 1. The van der Waals surface area contributed by atoms with Crippen LogP contribution in [0.15, 0.2) is 79.6 Å². The van der Waals surface area contributed by atoms with Crippen molar-refractivity contribution >= 4 is 5.91 Å². The summed E-state index contributed by atoms with van der Waals surface area (Å²) in [5, 5.41) is 6.95. The molecule has 8 heteroatoms. The van der Waals surface area contributed by atoms with Gasteiger partial charge >= 0.3 is 0 Å². The molecule has 4 aromatic rings. The standard InChI is InChI=1S/C20H16N6O2/c27-20(16-8-9-18(23-12-16)28-17-6-2-1-3-7-17)24-11-15-5-4-10-22-19(15)26-14-21-13-25-26/h1-10,12-14H,11H2,(H,24,27). The molecule has 1 aromatic carbocycles. The van der Waals surface area contributed by atoms with E-state index in [-0.39, 0.29) is 5.91 Å². The minimum absolute atomic E-state index is 0.243. The molecule has 138 valence electrons. The van der Waals surface area contributed by atoms with Crippen molar-refractivity contribution in [1.82, 2.24) is 30.0 Å². The van der Waals surface area contributed by atoms with Crippen molar-refractivity contribution < 1.29 is 9.53 Å². The first-order valence-corrected chi connectivity index (χ1v) is 8.55. The second-order valence-corrected chi connectivity index (χ2v) is 5.81. The SMILES string of the molecule is O=C(NCc1cccnc1-n1cncn1)c1ccc(Oc2ccccc2)nc1. The van der Waals surface area contributed by atoms with Crippen LogP contribution in [0.1, 0.15) is 15.9 Å². The second kappa shape index (κ2) is 8.09. The number of hydrogen-bond acceptors (Lipinski definition) is 6. The molecule has 3 heterocycles. The quantitative estimate of drug-likeness (QED) is 0.559. The van der Waals surface area contributed by atoms with Crippen LogP contribution in [0.4, 0.5) is 0 Å². The van der Waals surface area contributed by atoms with Gasteiger partial charge in [0.05, 0.1) is 5.56 Å². The summed E-state index contributed by atoms with van der Waals surface area (Å²) >= 11 is 0. The normalized spacial score (nSPS) is 10.4. The highest BCUT2D eigenvalue weighted by atomic mass is 16.5. The van der Waals surface area contributed by atoms with E-state index in [1.54, 1.807) is 35.4 Å². The number of para-hydroxylation sites is 1. The Labute approximate surface area is 160 Å². The minimum atomic E-state index is -0.243. The van der Waals surface area contributed by atoms with Crippen LogP contribution in [-0.2, 0) is 6.54 Å². The van der Waals surface area contributed by atoms with Gasteiger partial charge in [-0.2, -0.15) is 5.10 Å². The third-order valence-electron chi connectivity index (χ3n) is 3.91. The molecule has 28 heavy (non-hydrogen) atoms. The summed E-state index contributed by atoms with van der Waals surface area (Å²) in [5.41, 5.74) is 1.25. The molecule has 0 aliphatic carbocycles. The average Bonchev–Trinajstić information content (AvgIpc) is 3.28. The van der Waals surface area contributed by atoms with Gasteiger partial charge in [0.1, 0.15) is 18.4 Å². The molecule has 0 spiro atoms. The largest absolute Gasteiger partial charge is 0.439 e. The van der Waals surface area contributed by atoms with Crippen molar-refractivity contribution in [3.05, 3.63) is 90.8 Å². The van der Waals surface area contributed by atoms with E-state index in [1.807, 2.05) is 36.4 Å². The molecule has 1 amide bonds. The van der Waals surface area contributed by atoms with Crippen LogP contribution in [0.5, 0.6) is 11.6 Å². The molecule has 3 aromatic heterocycles. The zero-order valence-electron chi connectivity index (χ0n) is 14.8. The number of carbonyl (C=O) groups is 1. The highest BCUT2D eigenvalue weighted by Crippen LogP contribution is 2.18. The van der Waals surface area contributed by atoms with E-state index >= 15 is 0 Å². The summed E-state index contributed by atoms with van der Waals surface area (Å²) in [6, 6.07) is 16.3. The highest BCUT2D eigenvalue weighted by Gasteiger charge is 2.10. The Bertz CT molecular complexity index is 1050. The number of nitrogens with one attached hydrogen (secondary N) is 1. The smallest absolute Gasteiger partial charge is 0.253 e. The van der Waals surface area contributed by atoms with Crippen molar-refractivity contribution in [3.8, 4) is 17.4 Å². The first kappa shape index (κ1) is 17.3. The summed E-state index contributed by atoms with van der Waals surface area (Å²) in [5.74, 6) is 1.48. The van der Waals surface area contributed by atoms with Crippen molar-refractivity contribution in [1.29, 1.82) is 0 Å². The molecule has 0 radical (unpaired) electrons. The maximum atomic E-state index is 12.4. The van der Waals surface area contributed by atoms with Gasteiger partial charge in [0, 0.05) is 30.6 Å². The van der Waals surface area contributed by atoms with Crippen LogP contribution < -0.4 is 10.1 Å². The van der Waals surface area contributed by atoms with Gasteiger partial charge in [-0.3, -0.25) is 4.79 Å². The van der Waals surface area contributed by atoms with Crippen molar-refractivity contribution in [2.75, 3.05) is 0 Å². The van der Waals surface area contributed by atoms with E-state index in [4.69, 9.17) is 4.74 Å². The van der Waals surface area contributed by atoms with E-state index in [0.717, 1.165) is 5.56 Å². The van der Waals surface area contributed by atoms with Gasteiger partial charge in [0.2, 0.25) is 5.88 Å². The molecule has 0 fully saturated rings. The van der Waals surface area contributed by atoms with Gasteiger partial charge in [0.15, 0.2) is 5.82 Å². The Hall–Kier alpha value is -4.07. The third kappa shape index (κ3) is 4.01. The Morgan fingerprint density at radius 3 is 2.68 bits per heavy atom. The molecule has 0 aliphatic heterocycles. The van der Waals surface area contributed by atoms with Gasteiger partial charge in [-0.05, 0) is 24.3 Å². The fraction of sp³-hybridized carbons (Fsp3) is 0.0500. The summed E-state index contributed by atoms with van der Waals surface area (Å²) in [7, 11) is 0. The van der Waals surface area contributed by atoms with Crippen LogP contribution in [0.2, 0.25) is 0 Å².